The molecule has 0 heterocycles. The second-order valence-corrected chi connectivity index (χ2v) is 7.54. The number of ether oxygens (including phenoxy) is 3. The van der Waals surface area contributed by atoms with Gasteiger partial charge in [0.25, 0.3) is 0 Å². The van der Waals surface area contributed by atoms with Crippen molar-refractivity contribution in [2.75, 3.05) is 20.3 Å². The predicted octanol–water partition coefficient (Wildman–Crippen LogP) is 6.38. The van der Waals surface area contributed by atoms with Crippen LogP contribution in [0.25, 0.3) is 0 Å². The molecule has 0 unspecified atom stereocenters. The van der Waals surface area contributed by atoms with Gasteiger partial charge in [-0.1, -0.05) is 77.9 Å². The topological polar surface area (TPSA) is 99.1 Å². The average Bonchev–Trinajstić information content (AvgIpc) is 2.77. The Kier molecular flexibility index (Phi) is 27.3. The first-order valence-electron chi connectivity index (χ1n) is 11.7. The molecule has 33 heavy (non-hydrogen) atoms. The summed E-state index contributed by atoms with van der Waals surface area (Å²) in [6.45, 7) is 17.9. The van der Waals surface area contributed by atoms with Crippen LogP contribution in [-0.2, 0) is 28.6 Å². The molecule has 0 radical (unpaired) electrons. The summed E-state index contributed by atoms with van der Waals surface area (Å²) in [5.74, 6) is -1.91. The third kappa shape index (κ3) is 29.4. The fourth-order valence-corrected chi connectivity index (χ4v) is 2.27. The van der Waals surface area contributed by atoms with E-state index >= 15 is 0 Å². The number of aliphatic hydroxyl groups excluding tert-OH is 1. The molecule has 7 heteroatoms. The highest BCUT2D eigenvalue weighted by Crippen LogP contribution is 2.10. The van der Waals surface area contributed by atoms with Crippen molar-refractivity contribution in [3.05, 3.63) is 36.6 Å². The molecule has 0 spiro atoms. The van der Waals surface area contributed by atoms with Gasteiger partial charge in [-0.2, -0.15) is 0 Å². The molecule has 0 atom stereocenters. The van der Waals surface area contributed by atoms with E-state index in [0.717, 1.165) is 6.42 Å². The van der Waals surface area contributed by atoms with E-state index < -0.39 is 11.7 Å². The van der Waals surface area contributed by atoms with Gasteiger partial charge in [-0.05, 0) is 33.8 Å². The van der Waals surface area contributed by atoms with Crippen LogP contribution >= 0.6 is 0 Å². The minimum atomic E-state index is -0.757. The zero-order valence-corrected chi connectivity index (χ0v) is 21.5. The lowest BCUT2D eigenvalue weighted by Gasteiger charge is -2.04. The van der Waals surface area contributed by atoms with Gasteiger partial charge < -0.3 is 19.3 Å². The molecule has 0 saturated heterocycles. The van der Waals surface area contributed by atoms with E-state index in [4.69, 9.17) is 9.84 Å². The molecule has 0 rings (SSSR count). The molecule has 0 aliphatic rings. The third-order valence-corrected chi connectivity index (χ3v) is 4.12. The normalized spacial score (nSPS) is 9.24. The maximum absolute atomic E-state index is 11.1. The summed E-state index contributed by atoms with van der Waals surface area (Å²) in [5.41, 5.74) is 0.921. The average molecular weight is 471 g/mol. The smallest absolute Gasteiger partial charge is 0.372 e. The number of unbranched alkanes of at least 4 members (excludes halogenated alkanes) is 9. The van der Waals surface area contributed by atoms with Crippen molar-refractivity contribution in [2.45, 2.75) is 91.9 Å². The number of hydrogen-bond donors (Lipinski definition) is 1. The highest BCUT2D eigenvalue weighted by Gasteiger charge is 2.02. The maximum Gasteiger partial charge on any atom is 0.372 e. The van der Waals surface area contributed by atoms with Crippen LogP contribution in [-0.4, -0.2) is 43.3 Å². The van der Waals surface area contributed by atoms with E-state index in [1.807, 2.05) is 0 Å². The van der Waals surface area contributed by atoms with E-state index in [1.165, 1.54) is 64.9 Å². The van der Waals surface area contributed by atoms with Gasteiger partial charge in [0.2, 0.25) is 0 Å². The van der Waals surface area contributed by atoms with Crippen LogP contribution in [0, 0.1) is 0 Å². The molecule has 192 valence electrons. The number of rotatable bonds is 15. The van der Waals surface area contributed by atoms with Gasteiger partial charge >= 0.3 is 17.9 Å². The first-order valence-corrected chi connectivity index (χ1v) is 11.7. The quantitative estimate of drug-likeness (QED) is 0.0974. The van der Waals surface area contributed by atoms with Gasteiger partial charge in [-0.15, -0.1) is 0 Å². The number of carbonyl (C=O) groups is 3. The van der Waals surface area contributed by atoms with Gasteiger partial charge in [0.15, 0.2) is 5.76 Å². The molecule has 0 amide bonds. The monoisotopic (exact) mass is 470 g/mol. The minimum Gasteiger partial charge on any atom is -0.502 e. The maximum atomic E-state index is 11.1. The molecule has 0 aromatic carbocycles. The van der Waals surface area contributed by atoms with Gasteiger partial charge in [-0.3, -0.25) is 0 Å². The van der Waals surface area contributed by atoms with Crippen molar-refractivity contribution in [1.82, 2.24) is 0 Å². The fraction of sp³-hybridized carbons (Fsp3) is 0.654. The van der Waals surface area contributed by atoms with Crippen LogP contribution in [0.1, 0.15) is 91.9 Å². The summed E-state index contributed by atoms with van der Waals surface area (Å²) in [6.07, 6.45) is 13.0. The van der Waals surface area contributed by atoms with Crippen molar-refractivity contribution in [3.8, 4) is 0 Å². The number of aliphatic hydroxyl groups is 1. The summed E-state index contributed by atoms with van der Waals surface area (Å²) >= 11 is 0. The van der Waals surface area contributed by atoms with Crippen LogP contribution in [0.3, 0.4) is 0 Å². The van der Waals surface area contributed by atoms with Crippen molar-refractivity contribution >= 4 is 17.9 Å². The second kappa shape index (κ2) is 25.7. The van der Waals surface area contributed by atoms with Crippen molar-refractivity contribution < 1.29 is 33.7 Å². The van der Waals surface area contributed by atoms with Crippen molar-refractivity contribution in [3.63, 3.8) is 0 Å². The number of hydrogen-bond acceptors (Lipinski definition) is 7. The first kappa shape index (κ1) is 35.0. The summed E-state index contributed by atoms with van der Waals surface area (Å²) in [7, 11) is 1.33. The van der Waals surface area contributed by atoms with E-state index in [2.05, 4.69) is 36.1 Å². The highest BCUT2D eigenvalue weighted by molar-refractivity contribution is 5.87. The summed E-state index contributed by atoms with van der Waals surface area (Å²) < 4.78 is 13.6. The Morgan fingerprint density at radius 2 is 1.09 bits per heavy atom. The number of carbonyl (C=O) groups excluding carboxylic acids is 3. The Labute approximate surface area is 200 Å². The van der Waals surface area contributed by atoms with Crippen molar-refractivity contribution in [1.29, 1.82) is 0 Å². The fourth-order valence-electron chi connectivity index (χ4n) is 2.27. The van der Waals surface area contributed by atoms with Crippen molar-refractivity contribution in [2.24, 2.45) is 0 Å². The Hall–Kier alpha value is -2.57. The highest BCUT2D eigenvalue weighted by atomic mass is 16.5. The Bertz CT molecular complexity index is 579. The van der Waals surface area contributed by atoms with E-state index in [0.29, 0.717) is 17.8 Å². The van der Waals surface area contributed by atoms with E-state index in [-0.39, 0.29) is 18.5 Å². The lowest BCUT2D eigenvalue weighted by Crippen LogP contribution is -2.05. The molecule has 0 aromatic heterocycles. The van der Waals surface area contributed by atoms with Gasteiger partial charge in [0, 0.05) is 11.1 Å². The lowest BCUT2D eigenvalue weighted by atomic mass is 10.1. The molecule has 0 aliphatic heterocycles. The summed E-state index contributed by atoms with van der Waals surface area (Å²) in [5, 5.41) is 8.28. The molecule has 0 fully saturated rings. The van der Waals surface area contributed by atoms with Crippen LogP contribution < -0.4 is 0 Å². The predicted molar refractivity (Wildman–Crippen MR) is 133 cm³/mol. The Morgan fingerprint density at radius 1 is 0.667 bits per heavy atom. The van der Waals surface area contributed by atoms with E-state index in [1.54, 1.807) is 20.8 Å². The summed E-state index contributed by atoms with van der Waals surface area (Å²) in [4.78, 5) is 31.4. The minimum absolute atomic E-state index is 0.258. The molecule has 0 aliphatic carbocycles. The number of esters is 3. The largest absolute Gasteiger partial charge is 0.502 e. The third-order valence-electron chi connectivity index (χ3n) is 4.12. The Balaban J connectivity index is -0.000000493. The van der Waals surface area contributed by atoms with Crippen LogP contribution in [0.15, 0.2) is 36.6 Å². The zero-order chi connectivity index (χ0) is 26.1. The van der Waals surface area contributed by atoms with E-state index in [9.17, 15) is 14.4 Å². The summed E-state index contributed by atoms with van der Waals surface area (Å²) in [6, 6.07) is 0. The van der Waals surface area contributed by atoms with Crippen LogP contribution in [0.5, 0.6) is 0 Å². The number of methoxy groups -OCH3 is 1. The molecule has 0 saturated carbocycles. The molecule has 7 nitrogen and oxygen atoms in total. The SMILES string of the molecule is C=C(C)C(=O)OC.C=C(C)C(=O)OCCCCCCCCCCCC.C=C(O)C(=O)OCC. The Morgan fingerprint density at radius 3 is 1.36 bits per heavy atom. The van der Waals surface area contributed by atoms with Crippen LogP contribution in [0.4, 0.5) is 0 Å². The molecular formula is C26H46O7. The zero-order valence-electron chi connectivity index (χ0n) is 21.5. The molecular weight excluding hydrogens is 424 g/mol. The molecule has 1 N–H and O–H groups in total. The molecule has 0 aromatic rings. The standard InChI is InChI=1S/C16H30O2.C5H8O3.C5H8O2/c1-4-5-6-7-8-9-10-11-12-13-14-18-16(17)15(2)3;1-3-8-5(7)4(2)6;1-4(2)5(6)7-3/h2,4-14H2,1,3H3;6H,2-3H2,1H3;1H2,2-3H3. The van der Waals surface area contributed by atoms with Gasteiger partial charge in [0.1, 0.15) is 0 Å². The lowest BCUT2D eigenvalue weighted by molar-refractivity contribution is -0.141. The molecule has 0 bridgehead atoms. The first-order chi connectivity index (χ1) is 15.5. The van der Waals surface area contributed by atoms with Crippen LogP contribution in [0.2, 0.25) is 0 Å². The van der Waals surface area contributed by atoms with Gasteiger partial charge in [-0.25, -0.2) is 14.4 Å². The second-order valence-electron chi connectivity index (χ2n) is 7.54. The van der Waals surface area contributed by atoms with Gasteiger partial charge in [0.05, 0.1) is 20.3 Å².